The van der Waals surface area contributed by atoms with Crippen LogP contribution in [0.4, 0.5) is 0 Å². The Bertz CT molecular complexity index is 173. The van der Waals surface area contributed by atoms with E-state index < -0.39 is 5.60 Å². The van der Waals surface area contributed by atoms with Gasteiger partial charge in [0.15, 0.2) is 0 Å². The van der Waals surface area contributed by atoms with Gasteiger partial charge in [-0.1, -0.05) is 20.8 Å². The van der Waals surface area contributed by atoms with Gasteiger partial charge in [0, 0.05) is 6.04 Å². The molecule has 3 N–H and O–H groups in total. The molecule has 0 aliphatic heterocycles. The molecule has 2 heteroatoms. The molecule has 1 rings (SSSR count). The standard InChI is InChI=1S/C11H23NO/c1-10(2,3)6-7-11(13)5-4-9(12)8-11/h9,13H,4-8,12H2,1-3H3. The van der Waals surface area contributed by atoms with Crippen molar-refractivity contribution < 1.29 is 5.11 Å². The van der Waals surface area contributed by atoms with E-state index in [0.717, 1.165) is 32.1 Å². The van der Waals surface area contributed by atoms with Crippen molar-refractivity contribution in [3.8, 4) is 0 Å². The van der Waals surface area contributed by atoms with Gasteiger partial charge in [-0.25, -0.2) is 0 Å². The first-order valence-corrected chi connectivity index (χ1v) is 5.29. The second kappa shape index (κ2) is 3.58. The molecular formula is C11H23NO. The predicted octanol–water partition coefficient (Wildman–Crippen LogP) is 2.05. The first kappa shape index (κ1) is 11.0. The number of hydrogen-bond acceptors (Lipinski definition) is 2. The van der Waals surface area contributed by atoms with E-state index in [1.54, 1.807) is 0 Å². The van der Waals surface area contributed by atoms with Crippen LogP contribution in [0.3, 0.4) is 0 Å². The van der Waals surface area contributed by atoms with Gasteiger partial charge in [0.05, 0.1) is 5.60 Å². The fourth-order valence-electron chi connectivity index (χ4n) is 1.98. The van der Waals surface area contributed by atoms with Crippen LogP contribution >= 0.6 is 0 Å². The van der Waals surface area contributed by atoms with E-state index in [1.165, 1.54) is 0 Å². The van der Waals surface area contributed by atoms with Crippen LogP contribution < -0.4 is 5.73 Å². The number of hydrogen-bond donors (Lipinski definition) is 2. The van der Waals surface area contributed by atoms with Crippen LogP contribution in [0.25, 0.3) is 0 Å². The molecule has 2 nitrogen and oxygen atoms in total. The van der Waals surface area contributed by atoms with Crippen LogP contribution in [0, 0.1) is 5.41 Å². The molecule has 0 aromatic carbocycles. The Labute approximate surface area is 81.5 Å². The smallest absolute Gasteiger partial charge is 0.0663 e. The molecule has 78 valence electrons. The van der Waals surface area contributed by atoms with Crippen LogP contribution in [0.15, 0.2) is 0 Å². The van der Waals surface area contributed by atoms with Gasteiger partial charge in [-0.05, 0) is 37.5 Å². The largest absolute Gasteiger partial charge is 0.390 e. The summed E-state index contributed by atoms with van der Waals surface area (Å²) in [5.74, 6) is 0. The van der Waals surface area contributed by atoms with Crippen LogP contribution in [0.5, 0.6) is 0 Å². The quantitative estimate of drug-likeness (QED) is 0.691. The van der Waals surface area contributed by atoms with E-state index in [2.05, 4.69) is 20.8 Å². The van der Waals surface area contributed by atoms with Crippen LogP contribution in [0.1, 0.15) is 52.9 Å². The normalized spacial score (nSPS) is 35.3. The summed E-state index contributed by atoms with van der Waals surface area (Å²) >= 11 is 0. The Balaban J connectivity index is 2.36. The van der Waals surface area contributed by atoms with Crippen LogP contribution in [-0.4, -0.2) is 16.7 Å². The molecule has 1 aliphatic carbocycles. The first-order chi connectivity index (χ1) is 5.81. The molecule has 1 aliphatic rings. The zero-order valence-corrected chi connectivity index (χ0v) is 9.14. The topological polar surface area (TPSA) is 46.2 Å². The minimum atomic E-state index is -0.452. The van der Waals surface area contributed by atoms with Crippen molar-refractivity contribution in [1.29, 1.82) is 0 Å². The number of aliphatic hydroxyl groups is 1. The van der Waals surface area contributed by atoms with Crippen molar-refractivity contribution in [1.82, 2.24) is 0 Å². The molecule has 2 atom stereocenters. The minimum Gasteiger partial charge on any atom is -0.390 e. The highest BCUT2D eigenvalue weighted by molar-refractivity contribution is 4.91. The Morgan fingerprint density at radius 3 is 2.46 bits per heavy atom. The lowest BCUT2D eigenvalue weighted by atomic mass is 9.84. The molecule has 0 saturated heterocycles. The lowest BCUT2D eigenvalue weighted by Gasteiger charge is -2.27. The van der Waals surface area contributed by atoms with Crippen molar-refractivity contribution in [3.05, 3.63) is 0 Å². The molecular weight excluding hydrogens is 162 g/mol. The molecule has 0 amide bonds. The third-order valence-electron chi connectivity index (χ3n) is 2.96. The highest BCUT2D eigenvalue weighted by atomic mass is 16.3. The van der Waals surface area contributed by atoms with E-state index in [4.69, 9.17) is 5.73 Å². The fraction of sp³-hybridized carbons (Fsp3) is 1.00. The summed E-state index contributed by atoms with van der Waals surface area (Å²) in [5, 5.41) is 10.1. The van der Waals surface area contributed by atoms with Gasteiger partial charge in [0.25, 0.3) is 0 Å². The van der Waals surface area contributed by atoms with Gasteiger partial charge in [0.2, 0.25) is 0 Å². The lowest BCUT2D eigenvalue weighted by molar-refractivity contribution is 0.0266. The van der Waals surface area contributed by atoms with Crippen LogP contribution in [-0.2, 0) is 0 Å². The van der Waals surface area contributed by atoms with Gasteiger partial charge < -0.3 is 10.8 Å². The van der Waals surface area contributed by atoms with Crippen LogP contribution in [0.2, 0.25) is 0 Å². The summed E-state index contributed by atoms with van der Waals surface area (Å²) < 4.78 is 0. The second-order valence-electron chi connectivity index (χ2n) is 5.79. The molecule has 0 spiro atoms. The van der Waals surface area contributed by atoms with Gasteiger partial charge >= 0.3 is 0 Å². The van der Waals surface area contributed by atoms with E-state index in [-0.39, 0.29) is 6.04 Å². The zero-order chi connectivity index (χ0) is 10.1. The van der Waals surface area contributed by atoms with E-state index >= 15 is 0 Å². The summed E-state index contributed by atoms with van der Waals surface area (Å²) in [6.07, 6.45) is 4.66. The van der Waals surface area contributed by atoms with Gasteiger partial charge in [-0.15, -0.1) is 0 Å². The third-order valence-corrected chi connectivity index (χ3v) is 2.96. The minimum absolute atomic E-state index is 0.227. The maximum Gasteiger partial charge on any atom is 0.0663 e. The summed E-state index contributed by atoms with van der Waals surface area (Å²) in [5.41, 5.74) is 5.66. The van der Waals surface area contributed by atoms with Gasteiger partial charge in [-0.2, -0.15) is 0 Å². The summed E-state index contributed by atoms with van der Waals surface area (Å²) in [6.45, 7) is 6.64. The molecule has 0 aromatic heterocycles. The van der Waals surface area contributed by atoms with E-state index in [9.17, 15) is 5.11 Å². The lowest BCUT2D eigenvalue weighted by Crippen LogP contribution is -2.29. The zero-order valence-electron chi connectivity index (χ0n) is 9.14. The van der Waals surface area contributed by atoms with Gasteiger partial charge in [-0.3, -0.25) is 0 Å². The number of nitrogens with two attached hydrogens (primary N) is 1. The maximum absolute atomic E-state index is 10.1. The average Bonchev–Trinajstić information content (AvgIpc) is 2.27. The van der Waals surface area contributed by atoms with E-state index in [0.29, 0.717) is 5.41 Å². The Kier molecular flexibility index (Phi) is 3.03. The van der Waals surface area contributed by atoms with Crippen molar-refractivity contribution in [2.24, 2.45) is 11.1 Å². The van der Waals surface area contributed by atoms with Crippen molar-refractivity contribution in [2.45, 2.75) is 64.5 Å². The maximum atomic E-state index is 10.1. The second-order valence-corrected chi connectivity index (χ2v) is 5.79. The highest BCUT2D eigenvalue weighted by Gasteiger charge is 2.35. The van der Waals surface area contributed by atoms with Crippen molar-refractivity contribution in [2.75, 3.05) is 0 Å². The molecule has 1 fully saturated rings. The monoisotopic (exact) mass is 185 g/mol. The molecule has 0 heterocycles. The fourth-order valence-corrected chi connectivity index (χ4v) is 1.98. The number of rotatable bonds is 2. The molecule has 0 bridgehead atoms. The molecule has 0 radical (unpaired) electrons. The molecule has 0 aromatic rings. The van der Waals surface area contributed by atoms with Crippen molar-refractivity contribution >= 4 is 0 Å². The van der Waals surface area contributed by atoms with Gasteiger partial charge in [0.1, 0.15) is 0 Å². The molecule has 1 saturated carbocycles. The molecule has 13 heavy (non-hydrogen) atoms. The predicted molar refractivity (Wildman–Crippen MR) is 55.5 cm³/mol. The first-order valence-electron chi connectivity index (χ1n) is 5.29. The Morgan fingerprint density at radius 1 is 1.46 bits per heavy atom. The third kappa shape index (κ3) is 3.65. The Hall–Kier alpha value is -0.0800. The SMILES string of the molecule is CC(C)(C)CCC1(O)CCC(N)C1. The average molecular weight is 185 g/mol. The van der Waals surface area contributed by atoms with Crippen molar-refractivity contribution in [3.63, 3.8) is 0 Å². The van der Waals surface area contributed by atoms with E-state index in [1.807, 2.05) is 0 Å². The highest BCUT2D eigenvalue weighted by Crippen LogP contribution is 2.36. The summed E-state index contributed by atoms with van der Waals surface area (Å²) in [7, 11) is 0. The summed E-state index contributed by atoms with van der Waals surface area (Å²) in [4.78, 5) is 0. The molecule has 2 unspecified atom stereocenters. The summed E-state index contributed by atoms with van der Waals surface area (Å²) in [6, 6.07) is 0.227. The Morgan fingerprint density at radius 2 is 2.08 bits per heavy atom.